The highest BCUT2D eigenvalue weighted by Crippen LogP contribution is 2.31. The summed E-state index contributed by atoms with van der Waals surface area (Å²) >= 11 is 0. The maximum atomic E-state index is 11.5. The fraction of sp³-hybridized carbons (Fsp3) is 0.933. The van der Waals surface area contributed by atoms with Gasteiger partial charge in [-0.1, -0.05) is 0 Å². The van der Waals surface area contributed by atoms with E-state index < -0.39 is 11.5 Å². The second-order valence-electron chi connectivity index (χ2n) is 6.84. The first-order chi connectivity index (χ1) is 8.90. The van der Waals surface area contributed by atoms with Crippen LogP contribution < -0.4 is 5.32 Å². The molecule has 0 aromatic heterocycles. The Hall–Kier alpha value is -0.610. The van der Waals surface area contributed by atoms with Gasteiger partial charge in [-0.2, -0.15) is 0 Å². The van der Waals surface area contributed by atoms with Crippen molar-refractivity contribution in [2.75, 3.05) is 13.1 Å². The zero-order valence-corrected chi connectivity index (χ0v) is 12.5. The highest BCUT2D eigenvalue weighted by Gasteiger charge is 2.39. The number of rotatable bonds is 9. The van der Waals surface area contributed by atoms with E-state index in [1.165, 1.54) is 12.8 Å². The van der Waals surface area contributed by atoms with E-state index in [4.69, 9.17) is 0 Å². The second kappa shape index (κ2) is 5.80. The molecule has 2 rings (SSSR count). The molecular formula is C15H28N2O2. The third-order valence-corrected chi connectivity index (χ3v) is 4.39. The Labute approximate surface area is 116 Å². The zero-order chi connectivity index (χ0) is 14.0. The van der Waals surface area contributed by atoms with Gasteiger partial charge in [0.15, 0.2) is 0 Å². The topological polar surface area (TPSA) is 52.6 Å². The zero-order valence-electron chi connectivity index (χ0n) is 12.5. The van der Waals surface area contributed by atoms with Crippen LogP contribution in [-0.2, 0) is 4.79 Å². The maximum absolute atomic E-state index is 11.5. The summed E-state index contributed by atoms with van der Waals surface area (Å²) in [6, 6.07) is 0.927. The third kappa shape index (κ3) is 4.46. The maximum Gasteiger partial charge on any atom is 0.323 e. The van der Waals surface area contributed by atoms with Crippen LogP contribution in [-0.4, -0.2) is 46.7 Å². The van der Waals surface area contributed by atoms with Crippen LogP contribution in [0.2, 0.25) is 0 Å². The van der Waals surface area contributed by atoms with Crippen molar-refractivity contribution in [2.24, 2.45) is 5.92 Å². The highest BCUT2D eigenvalue weighted by molar-refractivity contribution is 5.78. The predicted octanol–water partition coefficient (Wildman–Crippen LogP) is 2.09. The molecule has 2 fully saturated rings. The van der Waals surface area contributed by atoms with Gasteiger partial charge < -0.3 is 10.0 Å². The van der Waals surface area contributed by atoms with Crippen molar-refractivity contribution >= 4 is 5.97 Å². The molecule has 19 heavy (non-hydrogen) atoms. The fourth-order valence-electron chi connectivity index (χ4n) is 2.48. The van der Waals surface area contributed by atoms with Gasteiger partial charge in [0, 0.05) is 25.2 Å². The molecule has 110 valence electrons. The lowest BCUT2D eigenvalue weighted by Gasteiger charge is -2.32. The Kier molecular flexibility index (Phi) is 4.51. The molecule has 0 aliphatic heterocycles. The van der Waals surface area contributed by atoms with E-state index in [2.05, 4.69) is 24.1 Å². The van der Waals surface area contributed by atoms with Crippen molar-refractivity contribution in [2.45, 2.75) is 70.5 Å². The molecule has 0 aromatic rings. The van der Waals surface area contributed by atoms with E-state index in [0.29, 0.717) is 18.5 Å². The molecular weight excluding hydrogens is 240 g/mol. The number of hydrogen-bond donors (Lipinski definition) is 2. The summed E-state index contributed by atoms with van der Waals surface area (Å²) in [4.78, 5) is 14.0. The number of nitrogens with one attached hydrogen (secondary N) is 1. The van der Waals surface area contributed by atoms with Crippen LogP contribution in [0.4, 0.5) is 0 Å². The minimum absolute atomic E-state index is 0.428. The van der Waals surface area contributed by atoms with Gasteiger partial charge in [-0.15, -0.1) is 0 Å². The Balaban J connectivity index is 1.85. The van der Waals surface area contributed by atoms with Crippen LogP contribution in [0.25, 0.3) is 0 Å². The number of nitrogens with zero attached hydrogens (tertiary/aromatic N) is 1. The van der Waals surface area contributed by atoms with E-state index in [9.17, 15) is 9.90 Å². The molecule has 4 heteroatoms. The molecule has 2 saturated carbocycles. The van der Waals surface area contributed by atoms with Crippen LogP contribution in [0.5, 0.6) is 0 Å². The fourth-order valence-corrected chi connectivity index (χ4v) is 2.48. The van der Waals surface area contributed by atoms with Crippen LogP contribution in [0.15, 0.2) is 0 Å². The SMILES string of the molecule is CC(C)N(CCC(C)(NC1CC1)C(=O)O)CC1CC1. The molecule has 0 saturated heterocycles. The molecule has 0 radical (unpaired) electrons. The summed E-state index contributed by atoms with van der Waals surface area (Å²) in [5.74, 6) is 0.143. The van der Waals surface area contributed by atoms with E-state index in [-0.39, 0.29) is 0 Å². The summed E-state index contributed by atoms with van der Waals surface area (Å²) < 4.78 is 0. The summed E-state index contributed by atoms with van der Waals surface area (Å²) in [6.07, 6.45) is 5.63. The molecule has 0 heterocycles. The average Bonchev–Trinajstić information content (AvgIpc) is 3.18. The van der Waals surface area contributed by atoms with Crippen molar-refractivity contribution < 1.29 is 9.90 Å². The van der Waals surface area contributed by atoms with Gasteiger partial charge in [0.25, 0.3) is 0 Å². The quantitative estimate of drug-likeness (QED) is 0.672. The monoisotopic (exact) mass is 268 g/mol. The van der Waals surface area contributed by atoms with Crippen molar-refractivity contribution in [1.29, 1.82) is 0 Å². The van der Waals surface area contributed by atoms with Gasteiger partial charge in [-0.3, -0.25) is 10.1 Å². The van der Waals surface area contributed by atoms with Gasteiger partial charge in [-0.25, -0.2) is 0 Å². The molecule has 2 N–H and O–H groups in total. The molecule has 2 aliphatic rings. The van der Waals surface area contributed by atoms with E-state index in [0.717, 1.165) is 31.8 Å². The largest absolute Gasteiger partial charge is 0.480 e. The van der Waals surface area contributed by atoms with Crippen molar-refractivity contribution in [3.8, 4) is 0 Å². The molecule has 4 nitrogen and oxygen atoms in total. The molecule has 2 aliphatic carbocycles. The molecule has 0 aromatic carbocycles. The summed E-state index contributed by atoms with van der Waals surface area (Å²) in [6.45, 7) is 8.25. The van der Waals surface area contributed by atoms with E-state index in [1.807, 2.05) is 6.92 Å². The molecule has 1 atom stereocenters. The van der Waals surface area contributed by atoms with Crippen molar-refractivity contribution in [1.82, 2.24) is 10.2 Å². The van der Waals surface area contributed by atoms with Crippen LogP contribution >= 0.6 is 0 Å². The minimum atomic E-state index is -0.766. The highest BCUT2D eigenvalue weighted by atomic mass is 16.4. The number of carboxylic acids is 1. The predicted molar refractivity (Wildman–Crippen MR) is 76.2 cm³/mol. The number of aliphatic carboxylic acids is 1. The smallest absolute Gasteiger partial charge is 0.323 e. The van der Waals surface area contributed by atoms with E-state index in [1.54, 1.807) is 0 Å². The number of hydrogen-bond acceptors (Lipinski definition) is 3. The number of carbonyl (C=O) groups is 1. The normalized spacial score (nSPS) is 22.8. The van der Waals surface area contributed by atoms with Crippen LogP contribution in [0.3, 0.4) is 0 Å². The van der Waals surface area contributed by atoms with Crippen molar-refractivity contribution in [3.05, 3.63) is 0 Å². The van der Waals surface area contributed by atoms with Crippen molar-refractivity contribution in [3.63, 3.8) is 0 Å². The Morgan fingerprint density at radius 3 is 2.42 bits per heavy atom. The lowest BCUT2D eigenvalue weighted by molar-refractivity contribution is -0.144. The number of carboxylic acid groups (broad SMARTS) is 1. The molecule has 0 bridgehead atoms. The third-order valence-electron chi connectivity index (χ3n) is 4.39. The average molecular weight is 268 g/mol. The lowest BCUT2D eigenvalue weighted by Crippen LogP contribution is -2.52. The molecule has 0 amide bonds. The van der Waals surface area contributed by atoms with Gasteiger partial charge in [0.1, 0.15) is 5.54 Å². The first-order valence-electron chi connectivity index (χ1n) is 7.66. The lowest BCUT2D eigenvalue weighted by atomic mass is 9.97. The van der Waals surface area contributed by atoms with Gasteiger partial charge in [-0.05, 0) is 58.8 Å². The van der Waals surface area contributed by atoms with Crippen LogP contribution in [0.1, 0.15) is 52.9 Å². The Bertz CT molecular complexity index is 324. The van der Waals surface area contributed by atoms with Gasteiger partial charge in [0.05, 0.1) is 0 Å². The van der Waals surface area contributed by atoms with Crippen LogP contribution in [0, 0.1) is 5.92 Å². The first kappa shape index (κ1) is 14.8. The summed E-state index contributed by atoms with van der Waals surface area (Å²) in [5, 5.41) is 12.8. The molecule has 1 unspecified atom stereocenters. The summed E-state index contributed by atoms with van der Waals surface area (Å²) in [5.41, 5.74) is -0.766. The molecule has 0 spiro atoms. The Morgan fingerprint density at radius 2 is 2.00 bits per heavy atom. The summed E-state index contributed by atoms with van der Waals surface area (Å²) in [7, 11) is 0. The first-order valence-corrected chi connectivity index (χ1v) is 7.66. The van der Waals surface area contributed by atoms with Gasteiger partial charge in [0.2, 0.25) is 0 Å². The standard InChI is InChI=1S/C15H28N2O2/c1-11(2)17(10-12-4-5-12)9-8-15(3,14(18)19)16-13-6-7-13/h11-13,16H,4-10H2,1-3H3,(H,18,19). The minimum Gasteiger partial charge on any atom is -0.480 e. The van der Waals surface area contributed by atoms with Gasteiger partial charge >= 0.3 is 5.97 Å². The second-order valence-corrected chi connectivity index (χ2v) is 6.84. The van der Waals surface area contributed by atoms with E-state index >= 15 is 0 Å². The Morgan fingerprint density at radius 1 is 1.37 bits per heavy atom.